The highest BCUT2D eigenvalue weighted by molar-refractivity contribution is 6.30. The largest absolute Gasteiger partial charge is 0.493 e. The van der Waals surface area contributed by atoms with E-state index in [9.17, 15) is 22.8 Å². The Morgan fingerprint density at radius 1 is 1.11 bits per heavy atom. The molecule has 0 saturated heterocycles. The number of rotatable bonds is 14. The van der Waals surface area contributed by atoms with Crippen LogP contribution in [0, 0.1) is 0 Å². The quantitative estimate of drug-likeness (QED) is 0.0798. The van der Waals surface area contributed by atoms with E-state index in [-0.39, 0.29) is 37.1 Å². The number of carbonyl (C=O) groups excluding carboxylic acids is 2. The van der Waals surface area contributed by atoms with Crippen molar-refractivity contribution >= 4 is 41.7 Å². The summed E-state index contributed by atoms with van der Waals surface area (Å²) in [4.78, 5) is 22.9. The van der Waals surface area contributed by atoms with Gasteiger partial charge in [-0.2, -0.15) is 18.3 Å². The molecule has 2 N–H and O–H groups in total. The summed E-state index contributed by atoms with van der Waals surface area (Å²) in [6.07, 6.45) is 1.93. The molecule has 0 bridgehead atoms. The summed E-state index contributed by atoms with van der Waals surface area (Å²) >= 11 is 6.12. The van der Waals surface area contributed by atoms with Crippen molar-refractivity contribution in [3.05, 3.63) is 112 Å². The lowest BCUT2D eigenvalue weighted by Gasteiger charge is -2.27. The van der Waals surface area contributed by atoms with Crippen LogP contribution in [0.4, 0.5) is 13.2 Å². The number of hydrazone groups is 1. The molecule has 0 spiro atoms. The SMILES string of the molecule is C=Cc1cc(Cl)ccc1/C=C/CN(/N=C(\C)c1cc(C(F)(F)F)ccc1OCC)C(C)c1ccc(C(=O)NCCC=O)cc1.CO. The predicted octanol–water partition coefficient (Wildman–Crippen LogP) is 7.83. The van der Waals surface area contributed by atoms with E-state index in [1.807, 2.05) is 25.1 Å². The highest BCUT2D eigenvalue weighted by atomic mass is 35.5. The Hall–Kier alpha value is -4.41. The predicted molar refractivity (Wildman–Crippen MR) is 178 cm³/mol. The van der Waals surface area contributed by atoms with Gasteiger partial charge in [0.1, 0.15) is 12.0 Å². The fraction of sp³-hybridized carbons (Fsp3) is 0.286. The minimum Gasteiger partial charge on any atom is -0.493 e. The van der Waals surface area contributed by atoms with Gasteiger partial charge in [-0.1, -0.05) is 54.6 Å². The van der Waals surface area contributed by atoms with Crippen LogP contribution >= 0.6 is 11.6 Å². The molecule has 3 aromatic rings. The summed E-state index contributed by atoms with van der Waals surface area (Å²) in [6, 6.07) is 15.4. The van der Waals surface area contributed by atoms with Gasteiger partial charge in [0.2, 0.25) is 0 Å². The van der Waals surface area contributed by atoms with Gasteiger partial charge < -0.3 is 20.0 Å². The molecule has 0 aliphatic carbocycles. The Bertz CT molecular complexity index is 1520. The molecule has 11 heteroatoms. The Labute approximate surface area is 273 Å². The number of aldehydes is 1. The summed E-state index contributed by atoms with van der Waals surface area (Å²) in [7, 11) is 1.00. The van der Waals surface area contributed by atoms with E-state index >= 15 is 0 Å². The number of nitrogens with zero attached hydrogens (tertiary/aromatic N) is 2. The van der Waals surface area contributed by atoms with Crippen LogP contribution in [-0.2, 0) is 11.0 Å². The fourth-order valence-corrected chi connectivity index (χ4v) is 4.58. The van der Waals surface area contributed by atoms with Crippen molar-refractivity contribution in [2.24, 2.45) is 5.10 Å². The second-order valence-electron chi connectivity index (χ2n) is 9.84. The first-order chi connectivity index (χ1) is 22.0. The average Bonchev–Trinajstić information content (AvgIpc) is 3.05. The maximum absolute atomic E-state index is 13.6. The Balaban J connectivity index is 0.00000361. The van der Waals surface area contributed by atoms with Gasteiger partial charge in [0.15, 0.2) is 0 Å². The van der Waals surface area contributed by atoms with Gasteiger partial charge in [-0.05, 0) is 79.9 Å². The molecular weight excluding hydrogens is 619 g/mol. The van der Waals surface area contributed by atoms with Gasteiger partial charge in [-0.3, -0.25) is 9.80 Å². The van der Waals surface area contributed by atoms with Crippen molar-refractivity contribution in [1.82, 2.24) is 10.3 Å². The van der Waals surface area contributed by atoms with Crippen LogP contribution < -0.4 is 10.1 Å². The molecule has 1 unspecified atom stereocenters. The molecule has 0 fully saturated rings. The summed E-state index contributed by atoms with van der Waals surface area (Å²) < 4.78 is 46.4. The van der Waals surface area contributed by atoms with Crippen molar-refractivity contribution in [3.8, 4) is 5.75 Å². The highest BCUT2D eigenvalue weighted by Gasteiger charge is 2.31. The third-order valence-corrected chi connectivity index (χ3v) is 7.02. The third kappa shape index (κ3) is 10.9. The van der Waals surface area contributed by atoms with E-state index in [2.05, 4.69) is 11.9 Å². The molecule has 0 radical (unpaired) electrons. The number of aliphatic hydroxyl groups is 1. The van der Waals surface area contributed by atoms with Gasteiger partial charge in [-0.25, -0.2) is 0 Å². The number of amides is 1. The number of benzene rings is 3. The van der Waals surface area contributed by atoms with Crippen molar-refractivity contribution in [2.45, 2.75) is 39.4 Å². The zero-order valence-corrected chi connectivity index (χ0v) is 27.0. The lowest BCUT2D eigenvalue weighted by molar-refractivity contribution is -0.137. The minimum absolute atomic E-state index is 0.224. The molecule has 1 atom stereocenters. The molecule has 0 saturated carbocycles. The number of ether oxygens (including phenoxy) is 1. The first kappa shape index (κ1) is 37.8. The number of hydrogen-bond acceptors (Lipinski definition) is 6. The number of nitrogens with one attached hydrogen (secondary N) is 1. The maximum atomic E-state index is 13.6. The lowest BCUT2D eigenvalue weighted by Crippen LogP contribution is -2.25. The van der Waals surface area contributed by atoms with Crippen LogP contribution in [0.25, 0.3) is 12.2 Å². The van der Waals surface area contributed by atoms with Crippen LogP contribution in [0.5, 0.6) is 5.75 Å². The fourth-order valence-electron chi connectivity index (χ4n) is 4.40. The number of carbonyl (C=O) groups is 2. The van der Waals surface area contributed by atoms with E-state index in [1.165, 1.54) is 6.07 Å². The maximum Gasteiger partial charge on any atom is 0.416 e. The van der Waals surface area contributed by atoms with Crippen LogP contribution in [-0.4, -0.2) is 54.8 Å². The number of hydrogen-bond donors (Lipinski definition) is 2. The Morgan fingerprint density at radius 2 is 1.80 bits per heavy atom. The van der Waals surface area contributed by atoms with E-state index in [0.29, 0.717) is 28.6 Å². The molecule has 246 valence electrons. The summed E-state index contributed by atoms with van der Waals surface area (Å²) in [5.74, 6) is 0.000300. The molecule has 3 aromatic carbocycles. The number of alkyl halides is 3. The first-order valence-corrected chi connectivity index (χ1v) is 14.9. The molecule has 0 aliphatic rings. The van der Waals surface area contributed by atoms with Crippen LogP contribution in [0.15, 0.2) is 78.4 Å². The van der Waals surface area contributed by atoms with Gasteiger partial charge in [0.05, 0.1) is 30.5 Å². The van der Waals surface area contributed by atoms with Crippen molar-refractivity contribution in [3.63, 3.8) is 0 Å². The topological polar surface area (TPSA) is 91.2 Å². The Morgan fingerprint density at radius 3 is 2.41 bits per heavy atom. The third-order valence-electron chi connectivity index (χ3n) is 6.78. The normalized spacial score (nSPS) is 12.2. The van der Waals surface area contributed by atoms with Gasteiger partial charge in [0.25, 0.3) is 5.91 Å². The van der Waals surface area contributed by atoms with Crippen molar-refractivity contribution in [2.75, 3.05) is 26.8 Å². The number of halogens is 4. The smallest absolute Gasteiger partial charge is 0.416 e. The van der Waals surface area contributed by atoms with Crippen molar-refractivity contribution < 1.29 is 32.6 Å². The summed E-state index contributed by atoms with van der Waals surface area (Å²) in [6.45, 7) is 9.98. The molecular formula is C35H39ClF3N3O4. The second kappa shape index (κ2) is 18.5. The van der Waals surface area contributed by atoms with Crippen LogP contribution in [0.2, 0.25) is 5.02 Å². The standard InChI is InChI=1S/C34H35ClF3N3O3.CH4O/c1-5-25-21-30(35)16-14-27(25)9-7-19-41(24(4)26-10-12-28(13-11-26)33(43)39-18-8-20-42)40-23(3)31-22-29(34(36,37)38)15-17-32(31)44-6-2;1-2/h5,7,9-17,20-22,24H,1,6,8,18-19H2,2-4H3,(H,39,43);2H,1H3/b9-7+,40-23+;. The molecule has 3 rings (SSSR count). The van der Waals surface area contributed by atoms with Crippen LogP contribution in [0.1, 0.15) is 71.4 Å². The van der Waals surface area contributed by atoms with E-state index in [4.69, 9.17) is 26.5 Å². The van der Waals surface area contributed by atoms with E-state index in [1.54, 1.807) is 61.3 Å². The van der Waals surface area contributed by atoms with E-state index < -0.39 is 11.7 Å². The lowest BCUT2D eigenvalue weighted by atomic mass is 10.0. The average molecular weight is 658 g/mol. The molecule has 0 aromatic heterocycles. The van der Waals surface area contributed by atoms with Gasteiger partial charge in [-0.15, -0.1) is 0 Å². The molecule has 1 amide bonds. The summed E-state index contributed by atoms with van der Waals surface area (Å²) in [5.41, 5.74) is 2.77. The molecule has 7 nitrogen and oxygen atoms in total. The summed E-state index contributed by atoms with van der Waals surface area (Å²) in [5, 5.41) is 16.8. The zero-order chi connectivity index (χ0) is 34.3. The molecule has 0 heterocycles. The van der Waals surface area contributed by atoms with Crippen LogP contribution in [0.3, 0.4) is 0 Å². The zero-order valence-electron chi connectivity index (χ0n) is 26.3. The van der Waals surface area contributed by atoms with Gasteiger partial charge in [0, 0.05) is 36.2 Å². The molecule has 0 aliphatic heterocycles. The van der Waals surface area contributed by atoms with E-state index in [0.717, 1.165) is 42.2 Å². The first-order valence-electron chi connectivity index (χ1n) is 14.5. The molecule has 46 heavy (non-hydrogen) atoms. The monoisotopic (exact) mass is 657 g/mol. The minimum atomic E-state index is -4.53. The van der Waals surface area contributed by atoms with Crippen molar-refractivity contribution in [1.29, 1.82) is 0 Å². The Kier molecular flexibility index (Phi) is 15.2. The highest BCUT2D eigenvalue weighted by Crippen LogP contribution is 2.33. The second-order valence-corrected chi connectivity index (χ2v) is 10.3. The van der Waals surface area contributed by atoms with Gasteiger partial charge >= 0.3 is 6.18 Å². The number of aliphatic hydroxyl groups excluding tert-OH is 1.